The molecule has 0 radical (unpaired) electrons. The summed E-state index contributed by atoms with van der Waals surface area (Å²) >= 11 is 0. The first-order valence-electron chi connectivity index (χ1n) is 6.33. The molecule has 3 aromatic rings. The highest BCUT2D eigenvalue weighted by molar-refractivity contribution is 5.88. The van der Waals surface area contributed by atoms with Gasteiger partial charge in [0.15, 0.2) is 5.69 Å². The summed E-state index contributed by atoms with van der Waals surface area (Å²) in [6.07, 6.45) is 5.24. The number of pyridine rings is 1. The summed E-state index contributed by atoms with van der Waals surface area (Å²) in [6, 6.07) is 5.70. The third-order valence-corrected chi connectivity index (χ3v) is 3.00. The molecule has 0 saturated heterocycles. The van der Waals surface area contributed by atoms with Gasteiger partial charge in [-0.05, 0) is 25.1 Å². The molecule has 0 saturated carbocycles. The summed E-state index contributed by atoms with van der Waals surface area (Å²) in [5.41, 5.74) is 2.88. The summed E-state index contributed by atoms with van der Waals surface area (Å²) in [5, 5.41) is 4.35. The lowest BCUT2D eigenvalue weighted by atomic mass is 10.2. The number of carbonyl (C=O) groups is 1. The van der Waals surface area contributed by atoms with Gasteiger partial charge in [-0.3, -0.25) is 9.08 Å². The van der Waals surface area contributed by atoms with Crippen molar-refractivity contribution in [2.24, 2.45) is 7.05 Å². The monoisotopic (exact) mass is 270 g/mol. The fourth-order valence-electron chi connectivity index (χ4n) is 2.06. The molecule has 0 aliphatic heterocycles. The van der Waals surface area contributed by atoms with Crippen molar-refractivity contribution in [2.45, 2.75) is 6.92 Å². The zero-order valence-electron chi connectivity index (χ0n) is 11.3. The third kappa shape index (κ3) is 2.05. The van der Waals surface area contributed by atoms with E-state index in [4.69, 9.17) is 4.74 Å². The van der Waals surface area contributed by atoms with Crippen LogP contribution in [-0.4, -0.2) is 31.7 Å². The van der Waals surface area contributed by atoms with E-state index < -0.39 is 0 Å². The van der Waals surface area contributed by atoms with Crippen LogP contribution >= 0.6 is 0 Å². The number of aromatic nitrogens is 4. The van der Waals surface area contributed by atoms with Crippen molar-refractivity contribution in [3.05, 3.63) is 42.5 Å². The Morgan fingerprint density at radius 2 is 2.20 bits per heavy atom. The van der Waals surface area contributed by atoms with E-state index in [0.29, 0.717) is 17.9 Å². The zero-order chi connectivity index (χ0) is 14.1. The Morgan fingerprint density at radius 1 is 1.35 bits per heavy atom. The maximum atomic E-state index is 11.9. The summed E-state index contributed by atoms with van der Waals surface area (Å²) in [4.78, 5) is 16.1. The van der Waals surface area contributed by atoms with E-state index in [1.54, 1.807) is 16.0 Å². The van der Waals surface area contributed by atoms with Gasteiger partial charge in [0.25, 0.3) is 0 Å². The first kappa shape index (κ1) is 12.4. The molecule has 20 heavy (non-hydrogen) atoms. The van der Waals surface area contributed by atoms with Crippen LogP contribution in [0.2, 0.25) is 0 Å². The van der Waals surface area contributed by atoms with E-state index in [2.05, 4.69) is 10.1 Å². The van der Waals surface area contributed by atoms with E-state index >= 15 is 0 Å². The highest BCUT2D eigenvalue weighted by Crippen LogP contribution is 2.19. The van der Waals surface area contributed by atoms with E-state index in [9.17, 15) is 4.79 Å². The zero-order valence-corrected chi connectivity index (χ0v) is 11.3. The number of imidazole rings is 1. The molecule has 102 valence electrons. The van der Waals surface area contributed by atoms with Gasteiger partial charge in [-0.2, -0.15) is 5.10 Å². The highest BCUT2D eigenvalue weighted by atomic mass is 16.5. The predicted molar refractivity (Wildman–Crippen MR) is 73.4 cm³/mol. The molecule has 6 heteroatoms. The molecule has 3 aromatic heterocycles. The van der Waals surface area contributed by atoms with Gasteiger partial charge in [0.05, 0.1) is 18.5 Å². The number of nitrogens with zero attached hydrogens (tertiary/aromatic N) is 4. The second-order valence-electron chi connectivity index (χ2n) is 4.38. The minimum absolute atomic E-state index is 0.339. The normalized spacial score (nSPS) is 10.9. The molecule has 3 rings (SSSR count). The summed E-state index contributed by atoms with van der Waals surface area (Å²) in [6.45, 7) is 2.12. The number of hydrogen-bond donors (Lipinski definition) is 0. The maximum absolute atomic E-state index is 11.9. The van der Waals surface area contributed by atoms with Crippen molar-refractivity contribution in [1.29, 1.82) is 0 Å². The van der Waals surface area contributed by atoms with Crippen LogP contribution < -0.4 is 0 Å². The molecular weight excluding hydrogens is 256 g/mol. The van der Waals surface area contributed by atoms with Gasteiger partial charge in [0.2, 0.25) is 0 Å². The van der Waals surface area contributed by atoms with Gasteiger partial charge in [0, 0.05) is 25.0 Å². The minimum Gasteiger partial charge on any atom is -0.461 e. The molecule has 0 fully saturated rings. The Balaban J connectivity index is 2.09. The van der Waals surface area contributed by atoms with Crippen LogP contribution in [0, 0.1) is 0 Å². The van der Waals surface area contributed by atoms with E-state index in [1.807, 2.05) is 37.6 Å². The lowest BCUT2D eigenvalue weighted by Crippen LogP contribution is -2.07. The van der Waals surface area contributed by atoms with Crippen LogP contribution in [0.25, 0.3) is 16.9 Å². The Bertz CT molecular complexity index is 772. The fraction of sp³-hybridized carbons (Fsp3) is 0.214. The van der Waals surface area contributed by atoms with Gasteiger partial charge in [-0.1, -0.05) is 0 Å². The second-order valence-corrected chi connectivity index (χ2v) is 4.38. The van der Waals surface area contributed by atoms with Crippen molar-refractivity contribution in [3.63, 3.8) is 0 Å². The quantitative estimate of drug-likeness (QED) is 0.682. The average molecular weight is 270 g/mol. The highest BCUT2D eigenvalue weighted by Gasteiger charge is 2.14. The van der Waals surface area contributed by atoms with Crippen molar-refractivity contribution in [1.82, 2.24) is 19.2 Å². The lowest BCUT2D eigenvalue weighted by molar-refractivity contribution is 0.0518. The van der Waals surface area contributed by atoms with Crippen molar-refractivity contribution in [3.8, 4) is 11.3 Å². The van der Waals surface area contributed by atoms with Gasteiger partial charge < -0.3 is 4.74 Å². The Kier molecular flexibility index (Phi) is 2.98. The van der Waals surface area contributed by atoms with Crippen molar-refractivity contribution >= 4 is 11.6 Å². The Labute approximate surface area is 115 Å². The molecule has 0 unspecified atom stereocenters. The maximum Gasteiger partial charge on any atom is 0.356 e. The Morgan fingerprint density at radius 3 is 2.90 bits per heavy atom. The van der Waals surface area contributed by atoms with Crippen molar-refractivity contribution in [2.75, 3.05) is 6.61 Å². The smallest absolute Gasteiger partial charge is 0.356 e. The summed E-state index contributed by atoms with van der Waals surface area (Å²) in [7, 11) is 1.86. The van der Waals surface area contributed by atoms with Crippen LogP contribution in [0.15, 0.2) is 36.8 Å². The third-order valence-electron chi connectivity index (χ3n) is 3.00. The van der Waals surface area contributed by atoms with Crippen LogP contribution in [-0.2, 0) is 11.8 Å². The lowest BCUT2D eigenvalue weighted by Gasteiger charge is -2.03. The molecule has 0 spiro atoms. The number of hydrogen-bond acceptors (Lipinski definition) is 4. The molecule has 0 amide bonds. The van der Waals surface area contributed by atoms with Crippen LogP contribution in [0.1, 0.15) is 17.4 Å². The molecule has 0 aromatic carbocycles. The van der Waals surface area contributed by atoms with Gasteiger partial charge in [-0.25, -0.2) is 9.78 Å². The van der Waals surface area contributed by atoms with Gasteiger partial charge in [0.1, 0.15) is 5.65 Å². The van der Waals surface area contributed by atoms with Crippen LogP contribution in [0.4, 0.5) is 0 Å². The number of aryl methyl sites for hydroxylation is 1. The summed E-state index contributed by atoms with van der Waals surface area (Å²) in [5.74, 6) is -0.377. The first-order chi connectivity index (χ1) is 9.69. The first-order valence-corrected chi connectivity index (χ1v) is 6.33. The van der Waals surface area contributed by atoms with Gasteiger partial charge in [-0.15, -0.1) is 0 Å². The van der Waals surface area contributed by atoms with Crippen molar-refractivity contribution < 1.29 is 9.53 Å². The molecule has 0 atom stereocenters. The minimum atomic E-state index is -0.377. The summed E-state index contributed by atoms with van der Waals surface area (Å²) < 4.78 is 8.48. The second kappa shape index (κ2) is 4.80. The average Bonchev–Trinajstić information content (AvgIpc) is 3.04. The number of carbonyl (C=O) groups excluding carboxylic acids is 1. The number of esters is 1. The number of fused-ring (bicyclic) bond motifs is 1. The Hall–Kier alpha value is -2.63. The molecule has 0 aliphatic carbocycles. The van der Waals surface area contributed by atoms with E-state index in [1.165, 1.54) is 6.20 Å². The topological polar surface area (TPSA) is 61.4 Å². The molecule has 0 bridgehead atoms. The number of ether oxygens (including phenoxy) is 1. The van der Waals surface area contributed by atoms with E-state index in [0.717, 1.165) is 11.3 Å². The number of rotatable bonds is 3. The molecular formula is C14H14N4O2. The fourth-order valence-corrected chi connectivity index (χ4v) is 2.06. The molecule has 3 heterocycles. The van der Waals surface area contributed by atoms with Crippen LogP contribution in [0.5, 0.6) is 0 Å². The van der Waals surface area contributed by atoms with Gasteiger partial charge >= 0.3 is 5.97 Å². The van der Waals surface area contributed by atoms with Crippen LogP contribution in [0.3, 0.4) is 0 Å². The molecule has 0 aliphatic rings. The molecule has 6 nitrogen and oxygen atoms in total. The predicted octanol–water partition coefficient (Wildman–Crippen LogP) is 1.91. The molecule has 0 N–H and O–H groups in total. The largest absolute Gasteiger partial charge is 0.461 e. The standard InChI is InChI=1S/C14H14N4O2/c1-3-20-14(19)12-8-15-13-5-4-10(9-18(12)13)11-6-7-17(2)16-11/h4-9H,3H2,1-2H3. The SMILES string of the molecule is CCOC(=O)c1cnc2ccc(-c3ccn(C)n3)cn12. The van der Waals surface area contributed by atoms with E-state index in [-0.39, 0.29) is 5.97 Å².